The highest BCUT2D eigenvalue weighted by Crippen LogP contribution is 2.14. The second kappa shape index (κ2) is 13.3. The van der Waals surface area contributed by atoms with Gasteiger partial charge in [0.2, 0.25) is 0 Å². The van der Waals surface area contributed by atoms with Crippen molar-refractivity contribution < 1.29 is 4.39 Å². The van der Waals surface area contributed by atoms with Gasteiger partial charge >= 0.3 is 0 Å². The van der Waals surface area contributed by atoms with Crippen LogP contribution >= 0.6 is 24.0 Å². The number of hydrogen-bond donors (Lipinski definition) is 2. The second-order valence-corrected chi connectivity index (χ2v) is 7.67. The first-order chi connectivity index (χ1) is 13.0. The van der Waals surface area contributed by atoms with Gasteiger partial charge in [-0.1, -0.05) is 26.0 Å². The van der Waals surface area contributed by atoms with Gasteiger partial charge in [-0.15, -0.1) is 24.0 Å². The highest BCUT2D eigenvalue weighted by atomic mass is 127. The van der Waals surface area contributed by atoms with E-state index in [0.29, 0.717) is 12.0 Å². The highest BCUT2D eigenvalue weighted by Gasteiger charge is 2.24. The van der Waals surface area contributed by atoms with Crippen molar-refractivity contribution in [3.8, 4) is 0 Å². The number of piperazine rings is 1. The summed E-state index contributed by atoms with van der Waals surface area (Å²) in [6, 6.07) is 7.16. The molecule has 1 fully saturated rings. The van der Waals surface area contributed by atoms with E-state index >= 15 is 0 Å². The Hall–Kier alpha value is -0.930. The summed E-state index contributed by atoms with van der Waals surface area (Å²) < 4.78 is 13.0. The molecule has 28 heavy (non-hydrogen) atoms. The van der Waals surface area contributed by atoms with Crippen LogP contribution < -0.4 is 10.6 Å². The summed E-state index contributed by atoms with van der Waals surface area (Å²) in [5, 5.41) is 6.74. The third-order valence-corrected chi connectivity index (χ3v) is 5.18. The SMILES string of the molecule is CCNC(=NCC(C(C)C)N1CCN(C)CC1)NCCc1ccc(F)cc1.I. The molecular weight excluding hydrogens is 468 g/mol. The van der Waals surface area contributed by atoms with Crippen LogP contribution in [0.2, 0.25) is 0 Å². The Bertz CT molecular complexity index is 571. The minimum atomic E-state index is -0.190. The van der Waals surface area contributed by atoms with E-state index in [-0.39, 0.29) is 29.8 Å². The van der Waals surface area contributed by atoms with Crippen LogP contribution in [-0.2, 0) is 6.42 Å². The molecule has 1 aliphatic heterocycles. The Kier molecular flexibility index (Phi) is 11.9. The van der Waals surface area contributed by atoms with Gasteiger partial charge in [0.15, 0.2) is 5.96 Å². The van der Waals surface area contributed by atoms with E-state index in [1.165, 1.54) is 12.1 Å². The first-order valence-electron chi connectivity index (χ1n) is 10.2. The van der Waals surface area contributed by atoms with Crippen LogP contribution in [0.1, 0.15) is 26.3 Å². The fourth-order valence-corrected chi connectivity index (χ4v) is 3.40. The third kappa shape index (κ3) is 8.61. The van der Waals surface area contributed by atoms with Crippen molar-refractivity contribution in [2.45, 2.75) is 33.2 Å². The number of likely N-dealkylation sites (N-methyl/N-ethyl adjacent to an activating group) is 1. The number of halogens is 2. The van der Waals surface area contributed by atoms with Crippen LogP contribution in [0.3, 0.4) is 0 Å². The zero-order valence-electron chi connectivity index (χ0n) is 17.7. The molecule has 1 unspecified atom stereocenters. The summed E-state index contributed by atoms with van der Waals surface area (Å²) in [7, 11) is 2.19. The van der Waals surface area contributed by atoms with Gasteiger partial charge in [-0.2, -0.15) is 0 Å². The van der Waals surface area contributed by atoms with E-state index < -0.39 is 0 Å². The van der Waals surface area contributed by atoms with Crippen molar-refractivity contribution >= 4 is 29.9 Å². The van der Waals surface area contributed by atoms with Crippen LogP contribution in [0.25, 0.3) is 0 Å². The van der Waals surface area contributed by atoms with E-state index in [0.717, 1.165) is 63.8 Å². The molecule has 1 aromatic rings. The number of rotatable bonds is 8. The minimum Gasteiger partial charge on any atom is -0.357 e. The van der Waals surface area contributed by atoms with Gasteiger partial charge in [0.05, 0.1) is 6.54 Å². The Labute approximate surface area is 187 Å². The molecule has 0 spiro atoms. The number of hydrogen-bond acceptors (Lipinski definition) is 3. The third-order valence-electron chi connectivity index (χ3n) is 5.18. The number of guanidine groups is 1. The average molecular weight is 505 g/mol. The standard InChI is InChI=1S/C21H36FN5.HI/c1-5-23-21(24-11-10-18-6-8-19(22)9-7-18)25-16-20(17(2)3)27-14-12-26(4)13-15-27;/h6-9,17,20H,5,10-16H2,1-4H3,(H2,23,24,25);1H. The molecule has 0 aliphatic carbocycles. The molecule has 160 valence electrons. The Morgan fingerprint density at radius 2 is 1.75 bits per heavy atom. The van der Waals surface area contributed by atoms with E-state index in [2.05, 4.69) is 48.3 Å². The predicted octanol–water partition coefficient (Wildman–Crippen LogP) is 2.81. The average Bonchev–Trinajstić information content (AvgIpc) is 2.64. The molecule has 1 aromatic carbocycles. The molecule has 0 bridgehead atoms. The number of benzene rings is 1. The number of aliphatic imine (C=N–C) groups is 1. The van der Waals surface area contributed by atoms with Gasteiger partial charge in [-0.05, 0) is 44.0 Å². The lowest BCUT2D eigenvalue weighted by Gasteiger charge is -2.39. The maximum absolute atomic E-state index is 13.0. The molecule has 1 heterocycles. The fraction of sp³-hybridized carbons (Fsp3) is 0.667. The molecule has 2 rings (SSSR count). The molecular formula is C21H37FIN5. The van der Waals surface area contributed by atoms with E-state index in [1.807, 2.05) is 12.1 Å². The van der Waals surface area contributed by atoms with Gasteiger partial charge < -0.3 is 15.5 Å². The van der Waals surface area contributed by atoms with E-state index in [1.54, 1.807) is 0 Å². The Morgan fingerprint density at radius 1 is 1.11 bits per heavy atom. The van der Waals surface area contributed by atoms with Gasteiger partial charge in [-0.25, -0.2) is 4.39 Å². The highest BCUT2D eigenvalue weighted by molar-refractivity contribution is 14.0. The zero-order valence-corrected chi connectivity index (χ0v) is 20.1. The van der Waals surface area contributed by atoms with E-state index in [4.69, 9.17) is 4.99 Å². The normalized spacial score (nSPS) is 17.3. The lowest BCUT2D eigenvalue weighted by molar-refractivity contribution is 0.0925. The van der Waals surface area contributed by atoms with Crippen molar-refractivity contribution in [3.63, 3.8) is 0 Å². The zero-order chi connectivity index (χ0) is 19.6. The molecule has 0 amide bonds. The number of nitrogens with one attached hydrogen (secondary N) is 2. The lowest BCUT2D eigenvalue weighted by Crippen LogP contribution is -2.52. The van der Waals surface area contributed by atoms with E-state index in [9.17, 15) is 4.39 Å². The summed E-state index contributed by atoms with van der Waals surface area (Å²) in [5.74, 6) is 1.24. The van der Waals surface area contributed by atoms with Crippen LogP contribution in [0, 0.1) is 11.7 Å². The fourth-order valence-electron chi connectivity index (χ4n) is 3.40. The summed E-state index contributed by atoms with van der Waals surface area (Å²) in [6.45, 7) is 13.5. The van der Waals surface area contributed by atoms with Gasteiger partial charge in [-0.3, -0.25) is 9.89 Å². The van der Waals surface area contributed by atoms with Gasteiger partial charge in [0.25, 0.3) is 0 Å². The maximum atomic E-state index is 13.0. The topological polar surface area (TPSA) is 42.9 Å². The van der Waals surface area contributed by atoms with Crippen LogP contribution in [0.4, 0.5) is 4.39 Å². The molecule has 7 heteroatoms. The summed E-state index contributed by atoms with van der Waals surface area (Å²) >= 11 is 0. The first kappa shape index (κ1) is 25.1. The monoisotopic (exact) mass is 505 g/mol. The van der Waals surface area contributed by atoms with Crippen molar-refractivity contribution in [1.29, 1.82) is 0 Å². The molecule has 0 aromatic heterocycles. The van der Waals surface area contributed by atoms with Crippen molar-refractivity contribution in [3.05, 3.63) is 35.6 Å². The van der Waals surface area contributed by atoms with Crippen molar-refractivity contribution in [2.75, 3.05) is 52.9 Å². The summed E-state index contributed by atoms with van der Waals surface area (Å²) in [6.07, 6.45) is 0.844. The smallest absolute Gasteiger partial charge is 0.191 e. The lowest BCUT2D eigenvalue weighted by atomic mass is 10.0. The molecule has 1 saturated heterocycles. The largest absolute Gasteiger partial charge is 0.357 e. The Balaban J connectivity index is 0.00000392. The first-order valence-corrected chi connectivity index (χ1v) is 10.2. The van der Waals surface area contributed by atoms with Gasteiger partial charge in [0, 0.05) is 45.3 Å². The summed E-state index contributed by atoms with van der Waals surface area (Å²) in [4.78, 5) is 9.82. The second-order valence-electron chi connectivity index (χ2n) is 7.67. The summed E-state index contributed by atoms with van der Waals surface area (Å²) in [5.41, 5.74) is 1.12. The minimum absolute atomic E-state index is 0. The molecule has 0 saturated carbocycles. The molecule has 0 radical (unpaired) electrons. The van der Waals surface area contributed by atoms with Crippen LogP contribution in [0.15, 0.2) is 29.3 Å². The van der Waals surface area contributed by atoms with Crippen molar-refractivity contribution in [2.24, 2.45) is 10.9 Å². The van der Waals surface area contributed by atoms with Crippen LogP contribution in [-0.4, -0.2) is 74.7 Å². The Morgan fingerprint density at radius 3 is 2.32 bits per heavy atom. The molecule has 1 aliphatic rings. The quantitative estimate of drug-likeness (QED) is 0.324. The molecule has 1 atom stereocenters. The maximum Gasteiger partial charge on any atom is 0.191 e. The molecule has 5 nitrogen and oxygen atoms in total. The van der Waals surface area contributed by atoms with Crippen LogP contribution in [0.5, 0.6) is 0 Å². The van der Waals surface area contributed by atoms with Gasteiger partial charge in [0.1, 0.15) is 5.82 Å². The number of nitrogens with zero attached hydrogens (tertiary/aromatic N) is 3. The predicted molar refractivity (Wildman–Crippen MR) is 127 cm³/mol. The van der Waals surface area contributed by atoms with Crippen molar-refractivity contribution in [1.82, 2.24) is 20.4 Å². The molecule has 2 N–H and O–H groups in total.